The summed E-state index contributed by atoms with van der Waals surface area (Å²) in [5.41, 5.74) is 1.10. The Kier molecular flexibility index (Phi) is 4.27. The summed E-state index contributed by atoms with van der Waals surface area (Å²) in [4.78, 5) is 22.3. The number of hydrogen-bond donors (Lipinski definition) is 0. The molecular formula is C13H20O3. The van der Waals surface area contributed by atoms with Crippen LogP contribution < -0.4 is 0 Å². The number of carbonyl (C=O) groups excluding carboxylic acids is 2. The van der Waals surface area contributed by atoms with E-state index in [9.17, 15) is 9.59 Å². The number of Topliss-reactive ketones (excluding diaryl/α,β-unsaturated/α-hetero) is 1. The van der Waals surface area contributed by atoms with Gasteiger partial charge in [-0.1, -0.05) is 19.9 Å². The van der Waals surface area contributed by atoms with Crippen LogP contribution in [-0.2, 0) is 14.3 Å². The Balaban J connectivity index is 2.64. The van der Waals surface area contributed by atoms with Gasteiger partial charge in [0.2, 0.25) is 0 Å². The minimum absolute atomic E-state index is 0.120. The zero-order valence-electron chi connectivity index (χ0n) is 10.4. The lowest BCUT2D eigenvalue weighted by Crippen LogP contribution is -2.33. The van der Waals surface area contributed by atoms with Gasteiger partial charge in [0.1, 0.15) is 18.3 Å². The Morgan fingerprint density at radius 3 is 2.62 bits per heavy atom. The van der Waals surface area contributed by atoms with Gasteiger partial charge in [0, 0.05) is 0 Å². The van der Waals surface area contributed by atoms with Gasteiger partial charge in [-0.2, -0.15) is 0 Å². The van der Waals surface area contributed by atoms with Crippen molar-refractivity contribution >= 4 is 11.8 Å². The van der Waals surface area contributed by atoms with E-state index >= 15 is 0 Å². The predicted octanol–water partition coefficient (Wildman–Crippen LogP) is 2.50. The SMILES string of the molecule is CC(=O)CC(=O)OC1C(C)=CCC(C)C1C. The number of esters is 1. The van der Waals surface area contributed by atoms with Crippen molar-refractivity contribution in [3.05, 3.63) is 11.6 Å². The summed E-state index contributed by atoms with van der Waals surface area (Å²) in [7, 11) is 0. The molecule has 3 nitrogen and oxygen atoms in total. The molecule has 16 heavy (non-hydrogen) atoms. The lowest BCUT2D eigenvalue weighted by molar-refractivity contribution is -0.152. The summed E-state index contributed by atoms with van der Waals surface area (Å²) in [5, 5.41) is 0. The van der Waals surface area contributed by atoms with E-state index in [1.807, 2.05) is 6.92 Å². The zero-order valence-corrected chi connectivity index (χ0v) is 10.4. The smallest absolute Gasteiger partial charge is 0.313 e. The first-order valence-electron chi connectivity index (χ1n) is 5.77. The Morgan fingerprint density at radius 1 is 1.44 bits per heavy atom. The quantitative estimate of drug-likeness (QED) is 0.420. The molecular weight excluding hydrogens is 204 g/mol. The van der Waals surface area contributed by atoms with Crippen LogP contribution in [0.2, 0.25) is 0 Å². The highest BCUT2D eigenvalue weighted by molar-refractivity contribution is 5.94. The van der Waals surface area contributed by atoms with E-state index in [0.717, 1.165) is 12.0 Å². The molecule has 0 fully saturated rings. The largest absolute Gasteiger partial charge is 0.457 e. The molecule has 0 aliphatic heterocycles. The highest BCUT2D eigenvalue weighted by Gasteiger charge is 2.30. The Labute approximate surface area is 96.9 Å². The van der Waals surface area contributed by atoms with E-state index in [2.05, 4.69) is 19.9 Å². The maximum Gasteiger partial charge on any atom is 0.313 e. The van der Waals surface area contributed by atoms with Crippen molar-refractivity contribution in [2.75, 3.05) is 0 Å². The molecule has 1 aliphatic carbocycles. The monoisotopic (exact) mass is 224 g/mol. The average Bonchev–Trinajstić information content (AvgIpc) is 2.17. The van der Waals surface area contributed by atoms with Crippen LogP contribution in [0.1, 0.15) is 40.5 Å². The molecule has 0 N–H and O–H groups in total. The van der Waals surface area contributed by atoms with Gasteiger partial charge in [-0.05, 0) is 37.7 Å². The van der Waals surface area contributed by atoms with E-state index in [0.29, 0.717) is 11.8 Å². The van der Waals surface area contributed by atoms with Crippen molar-refractivity contribution < 1.29 is 14.3 Å². The van der Waals surface area contributed by atoms with Gasteiger partial charge in [0.05, 0.1) is 0 Å². The van der Waals surface area contributed by atoms with Crippen molar-refractivity contribution in [3.63, 3.8) is 0 Å². The van der Waals surface area contributed by atoms with Crippen molar-refractivity contribution in [2.45, 2.75) is 46.6 Å². The molecule has 0 spiro atoms. The summed E-state index contributed by atoms with van der Waals surface area (Å²) in [6.45, 7) is 7.62. The van der Waals surface area contributed by atoms with Crippen LogP contribution in [0.5, 0.6) is 0 Å². The summed E-state index contributed by atoms with van der Waals surface area (Å²) >= 11 is 0. The molecule has 0 bridgehead atoms. The molecule has 1 rings (SSSR count). The Morgan fingerprint density at radius 2 is 2.06 bits per heavy atom. The van der Waals surface area contributed by atoms with Crippen molar-refractivity contribution in [1.29, 1.82) is 0 Å². The first kappa shape index (κ1) is 12.9. The van der Waals surface area contributed by atoms with E-state index in [-0.39, 0.29) is 18.3 Å². The number of carbonyl (C=O) groups is 2. The molecule has 90 valence electrons. The van der Waals surface area contributed by atoms with E-state index in [4.69, 9.17) is 4.74 Å². The number of ether oxygens (including phenoxy) is 1. The van der Waals surface area contributed by atoms with Gasteiger partial charge >= 0.3 is 5.97 Å². The minimum Gasteiger partial charge on any atom is -0.457 e. The molecule has 0 aromatic rings. The van der Waals surface area contributed by atoms with Crippen molar-refractivity contribution in [1.82, 2.24) is 0 Å². The van der Waals surface area contributed by atoms with Crippen LogP contribution in [0.15, 0.2) is 11.6 Å². The second-order valence-corrected chi connectivity index (χ2v) is 4.81. The van der Waals surface area contributed by atoms with E-state index in [1.54, 1.807) is 0 Å². The van der Waals surface area contributed by atoms with Crippen LogP contribution in [0.3, 0.4) is 0 Å². The van der Waals surface area contributed by atoms with Gasteiger partial charge < -0.3 is 4.74 Å². The molecule has 0 radical (unpaired) electrons. The Hall–Kier alpha value is -1.12. The van der Waals surface area contributed by atoms with Gasteiger partial charge in [0.15, 0.2) is 0 Å². The summed E-state index contributed by atoms with van der Waals surface area (Å²) < 4.78 is 5.37. The third-order valence-electron chi connectivity index (χ3n) is 3.29. The van der Waals surface area contributed by atoms with Crippen LogP contribution >= 0.6 is 0 Å². The number of hydrogen-bond acceptors (Lipinski definition) is 3. The number of ketones is 1. The molecule has 0 saturated heterocycles. The van der Waals surface area contributed by atoms with Gasteiger partial charge in [-0.15, -0.1) is 0 Å². The topological polar surface area (TPSA) is 43.4 Å². The second-order valence-electron chi connectivity index (χ2n) is 4.81. The zero-order chi connectivity index (χ0) is 12.3. The fourth-order valence-electron chi connectivity index (χ4n) is 2.00. The van der Waals surface area contributed by atoms with Crippen LogP contribution in [-0.4, -0.2) is 17.9 Å². The molecule has 3 heteroatoms. The van der Waals surface area contributed by atoms with Gasteiger partial charge in [0.25, 0.3) is 0 Å². The van der Waals surface area contributed by atoms with Gasteiger partial charge in [-0.3, -0.25) is 9.59 Å². The molecule has 3 atom stereocenters. The molecule has 1 aliphatic rings. The lowest BCUT2D eigenvalue weighted by atomic mass is 9.80. The lowest BCUT2D eigenvalue weighted by Gasteiger charge is -2.32. The third kappa shape index (κ3) is 3.19. The van der Waals surface area contributed by atoms with Gasteiger partial charge in [-0.25, -0.2) is 0 Å². The molecule has 0 heterocycles. The maximum atomic E-state index is 11.4. The highest BCUT2D eigenvalue weighted by Crippen LogP contribution is 2.31. The molecule has 3 unspecified atom stereocenters. The summed E-state index contributed by atoms with van der Waals surface area (Å²) in [6.07, 6.45) is 2.88. The maximum absolute atomic E-state index is 11.4. The normalized spacial score (nSPS) is 29.5. The predicted molar refractivity (Wildman–Crippen MR) is 61.9 cm³/mol. The third-order valence-corrected chi connectivity index (χ3v) is 3.29. The Bertz CT molecular complexity index is 317. The molecule has 0 aromatic heterocycles. The van der Waals surface area contributed by atoms with Crippen LogP contribution in [0.25, 0.3) is 0 Å². The van der Waals surface area contributed by atoms with Crippen LogP contribution in [0, 0.1) is 11.8 Å². The summed E-state index contributed by atoms with van der Waals surface area (Å²) in [5.74, 6) is 0.272. The van der Waals surface area contributed by atoms with Crippen molar-refractivity contribution in [2.24, 2.45) is 11.8 Å². The highest BCUT2D eigenvalue weighted by atomic mass is 16.5. The van der Waals surface area contributed by atoms with E-state index in [1.165, 1.54) is 6.92 Å². The minimum atomic E-state index is -0.411. The molecule has 0 saturated carbocycles. The number of rotatable bonds is 3. The van der Waals surface area contributed by atoms with E-state index < -0.39 is 5.97 Å². The summed E-state index contributed by atoms with van der Waals surface area (Å²) in [6, 6.07) is 0. The second kappa shape index (κ2) is 5.28. The molecule has 0 aromatic carbocycles. The fourth-order valence-corrected chi connectivity index (χ4v) is 2.00. The standard InChI is InChI=1S/C13H20O3/c1-8-5-6-9(2)13(11(8)4)16-12(15)7-10(3)14/h6,8,11,13H,5,7H2,1-4H3. The van der Waals surface area contributed by atoms with Crippen molar-refractivity contribution in [3.8, 4) is 0 Å². The number of allylic oxidation sites excluding steroid dienone is 1. The molecule has 0 amide bonds. The fraction of sp³-hybridized carbons (Fsp3) is 0.692. The first-order valence-corrected chi connectivity index (χ1v) is 5.77. The average molecular weight is 224 g/mol. The first-order chi connectivity index (χ1) is 7.41. The van der Waals surface area contributed by atoms with Crippen LogP contribution in [0.4, 0.5) is 0 Å².